The molecule has 134 valence electrons. The Morgan fingerprint density at radius 2 is 2.07 bits per heavy atom. The number of imidazole rings is 1. The van der Waals surface area contributed by atoms with Crippen LogP contribution in [0.3, 0.4) is 0 Å². The first-order chi connectivity index (χ1) is 13.3. The molecule has 1 N–H and O–H groups in total. The number of anilines is 1. The summed E-state index contributed by atoms with van der Waals surface area (Å²) in [4.78, 5) is 21.1. The maximum Gasteiger partial charge on any atom is 0.255 e. The molecule has 0 unspecified atom stereocenters. The topological polar surface area (TPSA) is 77.6 Å². The predicted molar refractivity (Wildman–Crippen MR) is 102 cm³/mol. The van der Waals surface area contributed by atoms with Gasteiger partial charge in [-0.2, -0.15) is 5.10 Å². The van der Waals surface area contributed by atoms with E-state index in [1.807, 2.05) is 48.8 Å². The molecule has 1 saturated carbocycles. The number of carbonyl (C=O) groups excluding carboxylic acids is 1. The van der Waals surface area contributed by atoms with Crippen molar-refractivity contribution in [3.05, 3.63) is 72.6 Å². The Morgan fingerprint density at radius 3 is 2.89 bits per heavy atom. The minimum Gasteiger partial charge on any atom is -0.327 e. The second kappa shape index (κ2) is 6.35. The van der Waals surface area contributed by atoms with Gasteiger partial charge in [-0.05, 0) is 48.7 Å². The highest BCUT2D eigenvalue weighted by atomic mass is 16.1. The molecular formula is C20H18N6O. The second-order valence-corrected chi connectivity index (χ2v) is 6.83. The van der Waals surface area contributed by atoms with Crippen LogP contribution >= 0.6 is 0 Å². The largest absolute Gasteiger partial charge is 0.327 e. The Labute approximate surface area is 155 Å². The third kappa shape index (κ3) is 3.19. The fourth-order valence-electron chi connectivity index (χ4n) is 3.27. The predicted octanol–water partition coefficient (Wildman–Crippen LogP) is 3.26. The van der Waals surface area contributed by atoms with Gasteiger partial charge in [-0.15, -0.1) is 0 Å². The maximum absolute atomic E-state index is 12.7. The van der Waals surface area contributed by atoms with Gasteiger partial charge in [0.15, 0.2) is 0 Å². The van der Waals surface area contributed by atoms with E-state index in [0.29, 0.717) is 18.2 Å². The van der Waals surface area contributed by atoms with Crippen molar-refractivity contribution in [3.63, 3.8) is 0 Å². The number of nitrogens with one attached hydrogen (secondary N) is 1. The number of hydrogen-bond donors (Lipinski definition) is 1. The number of rotatable bonds is 5. The Balaban J connectivity index is 1.34. The summed E-state index contributed by atoms with van der Waals surface area (Å²) in [5.74, 6) is -0.143. The summed E-state index contributed by atoms with van der Waals surface area (Å²) < 4.78 is 3.94. The Bertz CT molecular complexity index is 1110. The van der Waals surface area contributed by atoms with Crippen molar-refractivity contribution >= 4 is 22.6 Å². The van der Waals surface area contributed by atoms with E-state index in [1.165, 1.54) is 19.2 Å². The molecule has 1 aliphatic carbocycles. The minimum atomic E-state index is -0.143. The number of hydrogen-bond acceptors (Lipinski definition) is 4. The average molecular weight is 358 g/mol. The molecule has 0 radical (unpaired) electrons. The minimum absolute atomic E-state index is 0.143. The van der Waals surface area contributed by atoms with Crippen LogP contribution in [0.4, 0.5) is 5.69 Å². The van der Waals surface area contributed by atoms with Crippen LogP contribution in [0.25, 0.3) is 11.0 Å². The Kier molecular flexibility index (Phi) is 3.71. The van der Waals surface area contributed by atoms with Crippen LogP contribution < -0.4 is 5.32 Å². The van der Waals surface area contributed by atoms with Gasteiger partial charge in [0.25, 0.3) is 5.91 Å². The van der Waals surface area contributed by atoms with Crippen molar-refractivity contribution in [1.29, 1.82) is 0 Å². The summed E-state index contributed by atoms with van der Waals surface area (Å²) in [6, 6.07) is 14.0. The first kappa shape index (κ1) is 15.7. The van der Waals surface area contributed by atoms with Gasteiger partial charge in [-0.1, -0.05) is 12.1 Å². The third-order valence-electron chi connectivity index (χ3n) is 4.77. The number of nitrogens with zero attached hydrogens (tertiary/aromatic N) is 5. The molecule has 1 aliphatic rings. The zero-order valence-electron chi connectivity index (χ0n) is 14.6. The molecule has 1 amide bonds. The van der Waals surface area contributed by atoms with Gasteiger partial charge in [0.2, 0.25) is 0 Å². The quantitative estimate of drug-likeness (QED) is 0.594. The molecule has 2 heterocycles. The van der Waals surface area contributed by atoms with Gasteiger partial charge in [-0.3, -0.25) is 4.79 Å². The summed E-state index contributed by atoms with van der Waals surface area (Å²) in [6.45, 7) is 0.605. The molecule has 2 aromatic carbocycles. The van der Waals surface area contributed by atoms with Crippen molar-refractivity contribution in [1.82, 2.24) is 24.3 Å². The van der Waals surface area contributed by atoms with Crippen molar-refractivity contribution < 1.29 is 4.79 Å². The van der Waals surface area contributed by atoms with E-state index in [2.05, 4.69) is 25.0 Å². The second-order valence-electron chi connectivity index (χ2n) is 6.83. The van der Waals surface area contributed by atoms with Crippen molar-refractivity contribution in [3.8, 4) is 0 Å². The molecule has 0 bridgehead atoms. The summed E-state index contributed by atoms with van der Waals surface area (Å²) >= 11 is 0. The zero-order chi connectivity index (χ0) is 18.2. The summed E-state index contributed by atoms with van der Waals surface area (Å²) in [5, 5.41) is 7.07. The van der Waals surface area contributed by atoms with Crippen molar-refractivity contribution in [2.75, 3.05) is 5.32 Å². The van der Waals surface area contributed by atoms with Crippen LogP contribution in [0.15, 0.2) is 61.4 Å². The highest BCUT2D eigenvalue weighted by molar-refractivity contribution is 6.06. The van der Waals surface area contributed by atoms with Crippen LogP contribution in [0.2, 0.25) is 0 Å². The van der Waals surface area contributed by atoms with E-state index in [9.17, 15) is 4.79 Å². The van der Waals surface area contributed by atoms with Gasteiger partial charge in [0.05, 0.1) is 23.9 Å². The normalized spacial score (nSPS) is 13.8. The van der Waals surface area contributed by atoms with Crippen LogP contribution in [0, 0.1) is 0 Å². The van der Waals surface area contributed by atoms with Crippen LogP contribution in [-0.2, 0) is 6.54 Å². The standard InChI is InChI=1S/C20H18N6O/c27-20(15-4-7-19-18(9-15)22-13-26(19)17-5-6-17)24-16-3-1-2-14(8-16)10-25-12-21-11-23-25/h1-4,7-9,11-13,17H,5-6,10H2,(H,24,27). The highest BCUT2D eigenvalue weighted by Crippen LogP contribution is 2.37. The lowest BCUT2D eigenvalue weighted by molar-refractivity contribution is 0.102. The molecule has 0 spiro atoms. The molecule has 0 atom stereocenters. The van der Waals surface area contributed by atoms with Crippen LogP contribution in [0.5, 0.6) is 0 Å². The maximum atomic E-state index is 12.7. The van der Waals surface area contributed by atoms with E-state index >= 15 is 0 Å². The molecule has 4 aromatic rings. The molecule has 5 rings (SSSR count). The molecule has 0 saturated heterocycles. The Hall–Kier alpha value is -3.48. The Morgan fingerprint density at radius 1 is 1.15 bits per heavy atom. The summed E-state index contributed by atoms with van der Waals surface area (Å²) in [6.07, 6.45) is 7.46. The van der Waals surface area contributed by atoms with Gasteiger partial charge < -0.3 is 9.88 Å². The van der Waals surface area contributed by atoms with E-state index in [-0.39, 0.29) is 5.91 Å². The van der Waals surface area contributed by atoms with Crippen molar-refractivity contribution in [2.24, 2.45) is 0 Å². The summed E-state index contributed by atoms with van der Waals surface area (Å²) in [5.41, 5.74) is 4.33. The van der Waals surface area contributed by atoms with Gasteiger partial charge in [0.1, 0.15) is 12.7 Å². The third-order valence-corrected chi connectivity index (χ3v) is 4.77. The lowest BCUT2D eigenvalue weighted by Crippen LogP contribution is -2.12. The number of fused-ring (bicyclic) bond motifs is 1. The molecule has 7 nitrogen and oxygen atoms in total. The SMILES string of the molecule is O=C(Nc1cccc(Cn2cncn2)c1)c1ccc2c(c1)ncn2C1CC1. The molecule has 0 aliphatic heterocycles. The van der Waals surface area contributed by atoms with Gasteiger partial charge >= 0.3 is 0 Å². The lowest BCUT2D eigenvalue weighted by atomic mass is 10.1. The van der Waals surface area contributed by atoms with E-state index in [0.717, 1.165) is 22.3 Å². The van der Waals surface area contributed by atoms with Gasteiger partial charge in [0, 0.05) is 17.3 Å². The number of carbonyl (C=O) groups is 1. The number of benzene rings is 2. The monoisotopic (exact) mass is 358 g/mol. The summed E-state index contributed by atoms with van der Waals surface area (Å²) in [7, 11) is 0. The molecule has 7 heteroatoms. The smallest absolute Gasteiger partial charge is 0.255 e. The van der Waals surface area contributed by atoms with Crippen molar-refractivity contribution in [2.45, 2.75) is 25.4 Å². The highest BCUT2D eigenvalue weighted by Gasteiger charge is 2.25. The zero-order valence-corrected chi connectivity index (χ0v) is 14.6. The lowest BCUT2D eigenvalue weighted by Gasteiger charge is -2.08. The molecule has 2 aromatic heterocycles. The average Bonchev–Trinajstić information content (AvgIpc) is 3.22. The van der Waals surface area contributed by atoms with E-state index < -0.39 is 0 Å². The number of amides is 1. The fourth-order valence-corrected chi connectivity index (χ4v) is 3.27. The molecular weight excluding hydrogens is 340 g/mol. The van der Waals surface area contributed by atoms with Crippen LogP contribution in [0.1, 0.15) is 34.8 Å². The van der Waals surface area contributed by atoms with E-state index in [1.54, 1.807) is 11.0 Å². The first-order valence-electron chi connectivity index (χ1n) is 8.95. The van der Waals surface area contributed by atoms with Gasteiger partial charge in [-0.25, -0.2) is 14.6 Å². The molecule has 1 fully saturated rings. The molecule has 27 heavy (non-hydrogen) atoms. The fraction of sp³-hybridized carbons (Fsp3) is 0.200. The first-order valence-corrected chi connectivity index (χ1v) is 8.95. The van der Waals surface area contributed by atoms with Crippen LogP contribution in [-0.4, -0.2) is 30.2 Å². The van der Waals surface area contributed by atoms with E-state index in [4.69, 9.17) is 0 Å². The number of aromatic nitrogens is 5.